The van der Waals surface area contributed by atoms with Crippen molar-refractivity contribution in [3.63, 3.8) is 0 Å². The molecule has 1 atom stereocenters. The molecule has 2 heterocycles. The Balaban J connectivity index is 1.17. The minimum atomic E-state index is -2.50. The molecule has 3 aliphatic rings. The summed E-state index contributed by atoms with van der Waals surface area (Å²) < 4.78 is 12.9. The van der Waals surface area contributed by atoms with E-state index in [2.05, 4.69) is 43.7 Å². The zero-order valence-electron chi connectivity index (χ0n) is 22.6. The summed E-state index contributed by atoms with van der Waals surface area (Å²) in [4.78, 5) is 11.9. The minimum absolute atomic E-state index is 0.409. The second kappa shape index (κ2) is 9.97. The van der Waals surface area contributed by atoms with Crippen molar-refractivity contribution in [1.29, 1.82) is 0 Å². The summed E-state index contributed by atoms with van der Waals surface area (Å²) in [5, 5.41) is 7.88. The molecule has 1 aliphatic heterocycles. The molecule has 2 N–H and O–H groups in total. The zero-order valence-corrected chi connectivity index (χ0v) is 24.2. The average molecular weight is 550 g/mol. The number of hydrogen-bond donors (Lipinski definition) is 2. The van der Waals surface area contributed by atoms with Crippen LogP contribution in [0.1, 0.15) is 48.8 Å². The highest BCUT2D eigenvalue weighted by molar-refractivity contribution is 7.70. The van der Waals surface area contributed by atoms with Crippen molar-refractivity contribution in [1.82, 2.24) is 14.9 Å². The largest absolute Gasteiger partial charge is 0.338 e. The molecule has 38 heavy (non-hydrogen) atoms. The number of benzene rings is 2. The Morgan fingerprint density at radius 1 is 1.03 bits per heavy atom. The second-order valence-corrected chi connectivity index (χ2v) is 15.5. The molecule has 2 aromatic carbocycles. The summed E-state index contributed by atoms with van der Waals surface area (Å²) in [5.41, 5.74) is 6.38. The number of likely N-dealkylation sites (tertiary alicyclic amines) is 1. The third-order valence-electron chi connectivity index (χ3n) is 8.63. The van der Waals surface area contributed by atoms with Crippen LogP contribution in [-0.2, 0) is 17.4 Å². The molecule has 0 bridgehead atoms. The van der Waals surface area contributed by atoms with E-state index in [1.54, 1.807) is 19.5 Å². The van der Waals surface area contributed by atoms with E-state index in [9.17, 15) is 4.57 Å². The number of aryl methyl sites for hydroxylation is 3. The summed E-state index contributed by atoms with van der Waals surface area (Å²) in [5.74, 6) is 0.958. The monoisotopic (exact) mass is 549 g/mol. The summed E-state index contributed by atoms with van der Waals surface area (Å²) >= 11 is 6.46. The van der Waals surface area contributed by atoms with Gasteiger partial charge in [0, 0.05) is 23.6 Å². The van der Waals surface area contributed by atoms with E-state index in [-0.39, 0.29) is 0 Å². The molecule has 3 aromatic rings. The molecule has 1 spiro atoms. The Hall–Kier alpha value is -2.40. The van der Waals surface area contributed by atoms with Gasteiger partial charge in [0.25, 0.3) is 0 Å². The van der Waals surface area contributed by atoms with Crippen molar-refractivity contribution in [2.24, 2.45) is 5.41 Å². The molecule has 2 fully saturated rings. The lowest BCUT2D eigenvalue weighted by molar-refractivity contribution is 0.212. The smallest absolute Gasteiger partial charge is 0.229 e. The van der Waals surface area contributed by atoms with Crippen molar-refractivity contribution in [3.8, 4) is 0 Å². The third-order valence-corrected chi connectivity index (χ3v) is 10.4. The Morgan fingerprint density at radius 3 is 2.55 bits per heavy atom. The number of halogens is 1. The van der Waals surface area contributed by atoms with Crippen LogP contribution >= 0.6 is 18.7 Å². The predicted octanol–water partition coefficient (Wildman–Crippen LogP) is 6.91. The minimum Gasteiger partial charge on any atom is -0.338 e. The van der Waals surface area contributed by atoms with Gasteiger partial charge in [0.15, 0.2) is 5.82 Å². The first-order valence-electron chi connectivity index (χ1n) is 13.8. The van der Waals surface area contributed by atoms with E-state index in [0.717, 1.165) is 35.1 Å². The van der Waals surface area contributed by atoms with Gasteiger partial charge in [0.05, 0.1) is 11.9 Å². The summed E-state index contributed by atoms with van der Waals surface area (Å²) in [6.07, 6.45) is 10.6. The van der Waals surface area contributed by atoms with Crippen LogP contribution < -0.4 is 15.9 Å². The molecule has 1 saturated carbocycles. The molecule has 0 amide bonds. The summed E-state index contributed by atoms with van der Waals surface area (Å²) in [6, 6.07) is 13.2. The van der Waals surface area contributed by atoms with Crippen molar-refractivity contribution >= 4 is 47.2 Å². The second-order valence-electron chi connectivity index (χ2n) is 11.9. The fourth-order valence-corrected chi connectivity index (χ4v) is 7.53. The van der Waals surface area contributed by atoms with Crippen molar-refractivity contribution in [2.75, 3.05) is 37.1 Å². The van der Waals surface area contributed by atoms with Crippen molar-refractivity contribution in [2.45, 2.75) is 57.9 Å². The van der Waals surface area contributed by atoms with Crippen LogP contribution in [0.4, 0.5) is 23.1 Å². The molecule has 0 unspecified atom stereocenters. The van der Waals surface area contributed by atoms with E-state index in [0.29, 0.717) is 28.2 Å². The van der Waals surface area contributed by atoms with E-state index in [4.69, 9.17) is 11.6 Å². The van der Waals surface area contributed by atoms with Crippen LogP contribution in [0, 0.1) is 12.3 Å². The standard InChI is InChI=1S/C30H37ClN5OP/c1-20-4-11-26(27(16-20)38(2,3)37)34-28-25(31)18-32-29(35-28)33-23-8-5-21-6-9-24(10-7-22(21)17-23)36-15-14-30(19-36)12-13-30/h4-5,8,11,16-18,24H,6-7,9-10,12-15,19H2,1-3H3,(H2,32,33,34,35)/t24-/m1/s1. The third kappa shape index (κ3) is 5.50. The van der Waals surface area contributed by atoms with Gasteiger partial charge in [-0.05, 0) is 113 Å². The van der Waals surface area contributed by atoms with Crippen molar-refractivity contribution < 1.29 is 4.57 Å². The number of fused-ring (bicyclic) bond motifs is 1. The topological polar surface area (TPSA) is 70.2 Å². The van der Waals surface area contributed by atoms with Gasteiger partial charge in [0.2, 0.25) is 5.95 Å². The molecule has 1 saturated heterocycles. The Kier molecular flexibility index (Phi) is 6.78. The molecule has 6 nitrogen and oxygen atoms in total. The fourth-order valence-electron chi connectivity index (χ4n) is 6.16. The Bertz CT molecular complexity index is 1420. The molecule has 0 radical (unpaired) electrons. The molecular weight excluding hydrogens is 513 g/mol. The van der Waals surface area contributed by atoms with Crippen LogP contribution in [-0.4, -0.2) is 47.3 Å². The lowest BCUT2D eigenvalue weighted by Gasteiger charge is -2.26. The zero-order chi connectivity index (χ0) is 26.5. The summed E-state index contributed by atoms with van der Waals surface area (Å²) in [7, 11) is -2.50. The van der Waals surface area contributed by atoms with E-state index in [1.807, 2.05) is 25.1 Å². The van der Waals surface area contributed by atoms with Gasteiger partial charge in [-0.3, -0.25) is 4.90 Å². The van der Waals surface area contributed by atoms with Crippen LogP contribution in [0.2, 0.25) is 5.02 Å². The van der Waals surface area contributed by atoms with Gasteiger partial charge in [-0.25, -0.2) is 4.98 Å². The van der Waals surface area contributed by atoms with Gasteiger partial charge >= 0.3 is 0 Å². The number of anilines is 4. The number of nitrogens with one attached hydrogen (secondary N) is 2. The van der Waals surface area contributed by atoms with Crippen LogP contribution in [0.25, 0.3) is 0 Å². The normalized spacial score (nSPS) is 20.7. The molecule has 8 heteroatoms. The van der Waals surface area contributed by atoms with Gasteiger partial charge < -0.3 is 15.2 Å². The van der Waals surface area contributed by atoms with Gasteiger partial charge in [-0.1, -0.05) is 29.3 Å². The highest BCUT2D eigenvalue weighted by Gasteiger charge is 2.48. The van der Waals surface area contributed by atoms with Crippen LogP contribution in [0.3, 0.4) is 0 Å². The Morgan fingerprint density at radius 2 is 1.82 bits per heavy atom. The number of aromatic nitrogens is 2. The average Bonchev–Trinajstić information content (AvgIpc) is 3.56. The first kappa shape index (κ1) is 25.9. The van der Waals surface area contributed by atoms with E-state index >= 15 is 0 Å². The lowest BCUT2D eigenvalue weighted by atomic mass is 10.0. The van der Waals surface area contributed by atoms with Crippen LogP contribution in [0.5, 0.6) is 0 Å². The maximum atomic E-state index is 12.9. The van der Waals surface area contributed by atoms with Crippen molar-refractivity contribution in [3.05, 3.63) is 64.3 Å². The Labute approximate surface area is 231 Å². The van der Waals surface area contributed by atoms with Gasteiger partial charge in [-0.2, -0.15) is 4.98 Å². The maximum Gasteiger partial charge on any atom is 0.229 e. The number of nitrogens with zero attached hydrogens (tertiary/aromatic N) is 3. The molecular formula is C30H37ClN5OP. The highest BCUT2D eigenvalue weighted by Crippen LogP contribution is 2.53. The first-order valence-corrected chi connectivity index (χ1v) is 16.7. The number of hydrogen-bond acceptors (Lipinski definition) is 6. The number of rotatable bonds is 6. The van der Waals surface area contributed by atoms with Crippen LogP contribution in [0.15, 0.2) is 42.6 Å². The lowest BCUT2D eigenvalue weighted by Crippen LogP contribution is -2.33. The SMILES string of the molecule is Cc1ccc(Nc2nc(Nc3ccc4c(c3)CC[C@H](N3CCC5(CC5)C3)CC4)ncc2Cl)c(P(C)(C)=O)c1. The molecule has 200 valence electrons. The van der Waals surface area contributed by atoms with Gasteiger partial charge in [0.1, 0.15) is 12.2 Å². The molecule has 6 rings (SSSR count). The van der Waals surface area contributed by atoms with E-state index < -0.39 is 7.14 Å². The molecule has 2 aliphatic carbocycles. The maximum absolute atomic E-state index is 12.9. The fraction of sp³-hybridized carbons (Fsp3) is 0.467. The van der Waals surface area contributed by atoms with Gasteiger partial charge in [-0.15, -0.1) is 0 Å². The first-order chi connectivity index (χ1) is 18.2. The predicted molar refractivity (Wildman–Crippen MR) is 159 cm³/mol. The quantitative estimate of drug-likeness (QED) is 0.257. The van der Waals surface area contributed by atoms with E-state index in [1.165, 1.54) is 56.3 Å². The molecule has 1 aromatic heterocycles. The highest BCUT2D eigenvalue weighted by atomic mass is 35.5. The summed E-state index contributed by atoms with van der Waals surface area (Å²) in [6.45, 7) is 8.16.